The van der Waals surface area contributed by atoms with E-state index in [1.54, 1.807) is 0 Å². The Bertz CT molecular complexity index is 574. The van der Waals surface area contributed by atoms with Crippen molar-refractivity contribution in [2.45, 2.75) is 65.4 Å². The van der Waals surface area contributed by atoms with Gasteiger partial charge in [-0.25, -0.2) is 0 Å². The van der Waals surface area contributed by atoms with Crippen LogP contribution in [-0.4, -0.2) is 49.3 Å². The molecular formula is C23H38N2O3. The lowest BCUT2D eigenvalue weighted by molar-refractivity contribution is -0.139. The topological polar surface area (TPSA) is 50.8 Å². The highest BCUT2D eigenvalue weighted by Gasteiger charge is 2.32. The van der Waals surface area contributed by atoms with E-state index in [-0.39, 0.29) is 5.91 Å². The molecule has 0 saturated carbocycles. The zero-order valence-corrected chi connectivity index (χ0v) is 18.1. The molecule has 2 rings (SSSR count). The van der Waals surface area contributed by atoms with Crippen LogP contribution in [0.1, 0.15) is 59.8 Å². The van der Waals surface area contributed by atoms with Gasteiger partial charge in [-0.2, -0.15) is 0 Å². The minimum absolute atomic E-state index is 0.0966. The number of nitrogens with one attached hydrogen (secondary N) is 1. The number of carbonyl (C=O) groups is 1. The van der Waals surface area contributed by atoms with Crippen LogP contribution in [-0.2, 0) is 9.53 Å². The molecule has 1 aromatic rings. The molecule has 1 heterocycles. The lowest BCUT2D eigenvalue weighted by Gasteiger charge is -2.30. The Balaban J connectivity index is 1.74. The number of ether oxygens (including phenoxy) is 2. The van der Waals surface area contributed by atoms with Crippen LogP contribution in [0.2, 0.25) is 0 Å². The third-order valence-corrected chi connectivity index (χ3v) is 5.55. The van der Waals surface area contributed by atoms with Crippen molar-refractivity contribution in [3.05, 3.63) is 24.3 Å². The fraction of sp³-hybridized carbons (Fsp3) is 0.696. The fourth-order valence-corrected chi connectivity index (χ4v) is 3.71. The Morgan fingerprint density at radius 2 is 1.89 bits per heavy atom. The number of amides is 1. The van der Waals surface area contributed by atoms with Gasteiger partial charge in [-0.05, 0) is 82.8 Å². The SMILES string of the molecule is CCC[C@@](C)(OCC)C(=O)Nc1ccc(OCCCN2CCC(C)CC2)cc1. The highest BCUT2D eigenvalue weighted by atomic mass is 16.5. The van der Waals surface area contributed by atoms with Crippen molar-refractivity contribution in [1.29, 1.82) is 0 Å². The molecule has 1 aliphatic heterocycles. The summed E-state index contributed by atoms with van der Waals surface area (Å²) in [6, 6.07) is 7.60. The lowest BCUT2D eigenvalue weighted by Crippen LogP contribution is -2.42. The van der Waals surface area contributed by atoms with E-state index in [2.05, 4.69) is 24.1 Å². The van der Waals surface area contributed by atoms with Crippen molar-refractivity contribution in [2.75, 3.05) is 38.2 Å². The van der Waals surface area contributed by atoms with E-state index in [1.165, 1.54) is 25.9 Å². The van der Waals surface area contributed by atoms with Crippen LogP contribution in [0.3, 0.4) is 0 Å². The molecule has 28 heavy (non-hydrogen) atoms. The summed E-state index contributed by atoms with van der Waals surface area (Å²) >= 11 is 0. The second-order valence-electron chi connectivity index (χ2n) is 8.12. The standard InChI is InChI=1S/C23H38N2O3/c1-5-14-23(4,28-6-2)22(26)24-20-8-10-21(11-9-20)27-18-7-15-25-16-12-19(3)13-17-25/h8-11,19H,5-7,12-18H2,1-4H3,(H,24,26)/t23-/m1/s1. The van der Waals surface area contributed by atoms with Crippen molar-refractivity contribution in [2.24, 2.45) is 5.92 Å². The molecule has 1 atom stereocenters. The highest BCUT2D eigenvalue weighted by molar-refractivity contribution is 5.97. The molecule has 1 aliphatic rings. The first-order valence-electron chi connectivity index (χ1n) is 10.9. The van der Waals surface area contributed by atoms with Gasteiger partial charge in [0.05, 0.1) is 6.61 Å². The normalized spacial score (nSPS) is 17.9. The Hall–Kier alpha value is -1.59. The monoisotopic (exact) mass is 390 g/mol. The van der Waals surface area contributed by atoms with Crippen LogP contribution in [0, 0.1) is 5.92 Å². The molecule has 1 fully saturated rings. The van der Waals surface area contributed by atoms with Gasteiger partial charge in [0.15, 0.2) is 0 Å². The molecule has 0 bridgehead atoms. The minimum atomic E-state index is -0.787. The van der Waals surface area contributed by atoms with E-state index in [4.69, 9.17) is 9.47 Å². The molecule has 1 aromatic carbocycles. The Morgan fingerprint density at radius 3 is 2.50 bits per heavy atom. The van der Waals surface area contributed by atoms with Gasteiger partial charge < -0.3 is 19.7 Å². The van der Waals surface area contributed by atoms with E-state index in [1.807, 2.05) is 38.1 Å². The predicted octanol–water partition coefficient (Wildman–Crippen LogP) is 4.72. The molecule has 0 aliphatic carbocycles. The second kappa shape index (κ2) is 11.4. The summed E-state index contributed by atoms with van der Waals surface area (Å²) in [6.07, 6.45) is 5.26. The number of hydrogen-bond acceptors (Lipinski definition) is 4. The van der Waals surface area contributed by atoms with Crippen molar-refractivity contribution in [1.82, 2.24) is 4.90 Å². The van der Waals surface area contributed by atoms with Crippen LogP contribution in [0.25, 0.3) is 0 Å². The summed E-state index contributed by atoms with van der Waals surface area (Å²) < 4.78 is 11.6. The van der Waals surface area contributed by atoms with Gasteiger partial charge in [0, 0.05) is 18.8 Å². The van der Waals surface area contributed by atoms with E-state index < -0.39 is 5.60 Å². The largest absolute Gasteiger partial charge is 0.494 e. The average molecular weight is 391 g/mol. The highest BCUT2D eigenvalue weighted by Crippen LogP contribution is 2.22. The third-order valence-electron chi connectivity index (χ3n) is 5.55. The number of carbonyl (C=O) groups excluding carboxylic acids is 1. The number of likely N-dealkylation sites (tertiary alicyclic amines) is 1. The van der Waals surface area contributed by atoms with E-state index in [0.29, 0.717) is 13.0 Å². The maximum absolute atomic E-state index is 12.6. The quantitative estimate of drug-likeness (QED) is 0.556. The molecule has 0 spiro atoms. The molecule has 0 aromatic heterocycles. The number of piperidine rings is 1. The molecule has 0 radical (unpaired) electrons. The zero-order chi connectivity index (χ0) is 20.4. The van der Waals surface area contributed by atoms with E-state index in [9.17, 15) is 4.79 Å². The predicted molar refractivity (Wildman–Crippen MR) is 115 cm³/mol. The first kappa shape index (κ1) is 22.7. The van der Waals surface area contributed by atoms with Crippen LogP contribution < -0.4 is 10.1 Å². The summed E-state index contributed by atoms with van der Waals surface area (Å²) in [5.74, 6) is 1.62. The van der Waals surface area contributed by atoms with Crippen LogP contribution >= 0.6 is 0 Å². The van der Waals surface area contributed by atoms with Gasteiger partial charge in [-0.1, -0.05) is 20.3 Å². The van der Waals surface area contributed by atoms with Gasteiger partial charge in [0.2, 0.25) is 0 Å². The van der Waals surface area contributed by atoms with E-state index >= 15 is 0 Å². The molecular weight excluding hydrogens is 352 g/mol. The van der Waals surface area contributed by atoms with Gasteiger partial charge in [0.25, 0.3) is 5.91 Å². The van der Waals surface area contributed by atoms with Crippen LogP contribution in [0.15, 0.2) is 24.3 Å². The van der Waals surface area contributed by atoms with Crippen LogP contribution in [0.4, 0.5) is 5.69 Å². The van der Waals surface area contributed by atoms with Crippen molar-refractivity contribution in [3.8, 4) is 5.75 Å². The number of anilines is 1. The Morgan fingerprint density at radius 1 is 1.21 bits per heavy atom. The van der Waals surface area contributed by atoms with Crippen molar-refractivity contribution < 1.29 is 14.3 Å². The van der Waals surface area contributed by atoms with Crippen molar-refractivity contribution >= 4 is 11.6 Å². The molecule has 5 heteroatoms. The smallest absolute Gasteiger partial charge is 0.256 e. The van der Waals surface area contributed by atoms with Gasteiger partial charge >= 0.3 is 0 Å². The maximum Gasteiger partial charge on any atom is 0.256 e. The van der Waals surface area contributed by atoms with E-state index in [0.717, 1.165) is 43.3 Å². The molecule has 1 N–H and O–H groups in total. The number of benzene rings is 1. The molecule has 1 saturated heterocycles. The molecule has 5 nitrogen and oxygen atoms in total. The second-order valence-corrected chi connectivity index (χ2v) is 8.12. The lowest BCUT2D eigenvalue weighted by atomic mass is 9.99. The van der Waals surface area contributed by atoms with Crippen molar-refractivity contribution in [3.63, 3.8) is 0 Å². The Labute approximate surface area is 170 Å². The maximum atomic E-state index is 12.6. The average Bonchev–Trinajstić information content (AvgIpc) is 2.68. The van der Waals surface area contributed by atoms with Gasteiger partial charge in [-0.3, -0.25) is 4.79 Å². The first-order chi connectivity index (χ1) is 13.5. The summed E-state index contributed by atoms with van der Waals surface area (Å²) in [7, 11) is 0. The summed E-state index contributed by atoms with van der Waals surface area (Å²) in [4.78, 5) is 15.1. The Kier molecular flexibility index (Phi) is 9.26. The van der Waals surface area contributed by atoms with Gasteiger partial charge in [-0.15, -0.1) is 0 Å². The molecule has 0 unspecified atom stereocenters. The molecule has 158 valence electrons. The summed E-state index contributed by atoms with van der Waals surface area (Å²) in [5.41, 5.74) is -0.0212. The van der Waals surface area contributed by atoms with Crippen LogP contribution in [0.5, 0.6) is 5.75 Å². The fourth-order valence-electron chi connectivity index (χ4n) is 3.71. The number of hydrogen-bond donors (Lipinski definition) is 1. The number of nitrogens with zero attached hydrogens (tertiary/aromatic N) is 1. The summed E-state index contributed by atoms with van der Waals surface area (Å²) in [5, 5.41) is 2.97. The zero-order valence-electron chi connectivity index (χ0n) is 18.1. The van der Waals surface area contributed by atoms with Gasteiger partial charge in [0.1, 0.15) is 11.4 Å². The third kappa shape index (κ3) is 7.10. The molecule has 1 amide bonds. The number of rotatable bonds is 11. The minimum Gasteiger partial charge on any atom is -0.494 e. The summed E-state index contributed by atoms with van der Waals surface area (Å²) in [6.45, 7) is 13.0. The first-order valence-corrected chi connectivity index (χ1v) is 10.9.